The van der Waals surface area contributed by atoms with Gasteiger partial charge in [-0.1, -0.05) is 20.8 Å². The summed E-state index contributed by atoms with van der Waals surface area (Å²) < 4.78 is 5.05. The molecule has 1 heterocycles. The summed E-state index contributed by atoms with van der Waals surface area (Å²) in [6, 6.07) is 1.84. The van der Waals surface area contributed by atoms with Crippen LogP contribution in [0, 0.1) is 11.8 Å². The van der Waals surface area contributed by atoms with Gasteiger partial charge in [-0.2, -0.15) is 0 Å². The number of hydrogen-bond acceptors (Lipinski definition) is 3. The van der Waals surface area contributed by atoms with Crippen LogP contribution in [0.3, 0.4) is 0 Å². The third kappa shape index (κ3) is 3.63. The molecule has 0 radical (unpaired) electrons. The van der Waals surface area contributed by atoms with Gasteiger partial charge in [-0.15, -0.1) is 11.6 Å². The highest BCUT2D eigenvalue weighted by molar-refractivity contribution is 6.20. The predicted octanol–water partition coefficient (Wildman–Crippen LogP) is 2.93. The average Bonchev–Trinajstić information content (AvgIpc) is 2.28. The summed E-state index contributed by atoms with van der Waals surface area (Å²) in [4.78, 5) is 8.16. The fourth-order valence-electron chi connectivity index (χ4n) is 1.40. The van der Waals surface area contributed by atoms with Crippen LogP contribution in [0.1, 0.15) is 26.5 Å². The summed E-state index contributed by atoms with van der Waals surface area (Å²) in [6.07, 6.45) is 2.26. The quantitative estimate of drug-likeness (QED) is 0.745. The van der Waals surface area contributed by atoms with E-state index in [4.69, 9.17) is 16.3 Å². The van der Waals surface area contributed by atoms with E-state index in [1.807, 2.05) is 6.07 Å². The van der Waals surface area contributed by atoms with E-state index in [-0.39, 0.29) is 5.38 Å². The molecule has 1 aromatic heterocycles. The number of nitrogens with zero attached hydrogens (tertiary/aromatic N) is 2. The molecule has 0 bridgehead atoms. The van der Waals surface area contributed by atoms with Gasteiger partial charge in [-0.3, -0.25) is 0 Å². The number of aromatic nitrogens is 2. The molecule has 0 aliphatic rings. The molecule has 1 aromatic rings. The van der Waals surface area contributed by atoms with Crippen LogP contribution >= 0.6 is 11.6 Å². The predicted molar refractivity (Wildman–Crippen MR) is 65.9 cm³/mol. The van der Waals surface area contributed by atoms with Crippen LogP contribution in [-0.2, 0) is 6.42 Å². The van der Waals surface area contributed by atoms with Crippen molar-refractivity contribution in [1.82, 2.24) is 9.97 Å². The van der Waals surface area contributed by atoms with E-state index < -0.39 is 0 Å². The van der Waals surface area contributed by atoms with Gasteiger partial charge in [-0.25, -0.2) is 9.97 Å². The number of halogens is 1. The Bertz CT molecular complexity index is 331. The molecule has 4 heteroatoms. The minimum atomic E-state index is 0.0969. The van der Waals surface area contributed by atoms with Crippen molar-refractivity contribution in [3.8, 4) is 5.88 Å². The van der Waals surface area contributed by atoms with E-state index in [0.29, 0.717) is 17.7 Å². The lowest BCUT2D eigenvalue weighted by Gasteiger charge is -2.21. The van der Waals surface area contributed by atoms with Gasteiger partial charge in [0.1, 0.15) is 6.33 Å². The first-order valence-electron chi connectivity index (χ1n) is 5.53. The van der Waals surface area contributed by atoms with E-state index in [9.17, 15) is 0 Å². The molecule has 0 N–H and O–H groups in total. The number of alkyl halides is 1. The smallest absolute Gasteiger partial charge is 0.216 e. The van der Waals surface area contributed by atoms with Crippen LogP contribution in [0.15, 0.2) is 12.4 Å². The Morgan fingerprint density at radius 2 is 2.00 bits per heavy atom. The molecular formula is C12H19ClN2O. The number of ether oxygens (including phenoxy) is 1. The van der Waals surface area contributed by atoms with Gasteiger partial charge in [0.25, 0.3) is 0 Å². The lowest BCUT2D eigenvalue weighted by atomic mass is 9.92. The second kappa shape index (κ2) is 6.04. The maximum absolute atomic E-state index is 6.36. The van der Waals surface area contributed by atoms with Crippen molar-refractivity contribution in [3.05, 3.63) is 18.1 Å². The summed E-state index contributed by atoms with van der Waals surface area (Å²) >= 11 is 6.36. The lowest BCUT2D eigenvalue weighted by Crippen LogP contribution is -2.20. The summed E-state index contributed by atoms with van der Waals surface area (Å²) in [6.45, 7) is 6.53. The number of methoxy groups -OCH3 is 1. The lowest BCUT2D eigenvalue weighted by molar-refractivity contribution is 0.389. The molecule has 16 heavy (non-hydrogen) atoms. The molecule has 0 aromatic carbocycles. The van der Waals surface area contributed by atoms with Gasteiger partial charge in [0, 0.05) is 23.6 Å². The Labute approximate surface area is 102 Å². The summed E-state index contributed by atoms with van der Waals surface area (Å²) in [5.74, 6) is 1.62. The fourth-order valence-corrected chi connectivity index (χ4v) is 1.85. The van der Waals surface area contributed by atoms with Gasteiger partial charge < -0.3 is 4.74 Å². The third-order valence-electron chi connectivity index (χ3n) is 2.93. The van der Waals surface area contributed by atoms with Crippen molar-refractivity contribution >= 4 is 11.6 Å². The summed E-state index contributed by atoms with van der Waals surface area (Å²) in [7, 11) is 1.60. The molecule has 0 amide bonds. The molecule has 90 valence electrons. The zero-order valence-electron chi connectivity index (χ0n) is 10.3. The van der Waals surface area contributed by atoms with Crippen molar-refractivity contribution < 1.29 is 4.74 Å². The van der Waals surface area contributed by atoms with E-state index >= 15 is 0 Å². The average molecular weight is 243 g/mol. The van der Waals surface area contributed by atoms with Gasteiger partial charge in [0.2, 0.25) is 5.88 Å². The van der Waals surface area contributed by atoms with E-state index in [1.54, 1.807) is 7.11 Å². The molecule has 0 fully saturated rings. The Morgan fingerprint density at radius 1 is 1.31 bits per heavy atom. The van der Waals surface area contributed by atoms with Crippen LogP contribution < -0.4 is 4.74 Å². The first-order valence-corrected chi connectivity index (χ1v) is 5.97. The minimum Gasteiger partial charge on any atom is -0.481 e. The second-order valence-corrected chi connectivity index (χ2v) is 4.94. The van der Waals surface area contributed by atoms with Crippen molar-refractivity contribution in [2.24, 2.45) is 11.8 Å². The minimum absolute atomic E-state index is 0.0969. The fraction of sp³-hybridized carbons (Fsp3) is 0.667. The molecule has 0 saturated heterocycles. The third-order valence-corrected chi connectivity index (χ3v) is 3.49. The second-order valence-electron chi connectivity index (χ2n) is 4.37. The zero-order valence-corrected chi connectivity index (χ0v) is 11.0. The van der Waals surface area contributed by atoms with Crippen molar-refractivity contribution in [2.45, 2.75) is 32.6 Å². The molecule has 0 spiro atoms. The largest absolute Gasteiger partial charge is 0.481 e. The Morgan fingerprint density at radius 3 is 2.56 bits per heavy atom. The topological polar surface area (TPSA) is 35.0 Å². The normalized spacial score (nSPS) is 14.9. The van der Waals surface area contributed by atoms with Gasteiger partial charge in [0.15, 0.2) is 0 Å². The molecule has 0 aliphatic heterocycles. The highest BCUT2D eigenvalue weighted by Crippen LogP contribution is 2.22. The molecule has 0 aliphatic carbocycles. The van der Waals surface area contributed by atoms with Gasteiger partial charge >= 0.3 is 0 Å². The monoisotopic (exact) mass is 242 g/mol. The summed E-state index contributed by atoms with van der Waals surface area (Å²) in [5, 5.41) is 0.0969. The van der Waals surface area contributed by atoms with Crippen LogP contribution in [0.2, 0.25) is 0 Å². The Kier molecular flexibility index (Phi) is 5.00. The molecule has 1 rings (SSSR count). The number of hydrogen-bond donors (Lipinski definition) is 0. The van der Waals surface area contributed by atoms with Crippen molar-refractivity contribution in [1.29, 1.82) is 0 Å². The maximum atomic E-state index is 6.36. The first-order chi connectivity index (χ1) is 7.54. The van der Waals surface area contributed by atoms with Crippen LogP contribution in [0.25, 0.3) is 0 Å². The Hall–Kier alpha value is -0.830. The van der Waals surface area contributed by atoms with Gasteiger partial charge in [0.05, 0.1) is 7.11 Å². The highest BCUT2D eigenvalue weighted by atomic mass is 35.5. The zero-order chi connectivity index (χ0) is 12.1. The van der Waals surface area contributed by atoms with E-state index in [1.165, 1.54) is 6.33 Å². The van der Waals surface area contributed by atoms with Crippen molar-refractivity contribution in [3.63, 3.8) is 0 Å². The molecule has 2 unspecified atom stereocenters. The maximum Gasteiger partial charge on any atom is 0.216 e. The summed E-state index contributed by atoms with van der Waals surface area (Å²) in [5.41, 5.74) is 0.930. The number of rotatable bonds is 5. The Balaban J connectivity index is 2.65. The van der Waals surface area contributed by atoms with E-state index in [2.05, 4.69) is 30.7 Å². The first kappa shape index (κ1) is 13.2. The molecule has 2 atom stereocenters. The molecular weight excluding hydrogens is 224 g/mol. The van der Waals surface area contributed by atoms with Crippen LogP contribution in [0.4, 0.5) is 0 Å². The van der Waals surface area contributed by atoms with Crippen LogP contribution in [-0.4, -0.2) is 22.5 Å². The SMILES string of the molecule is COc1cc(CC(Cl)C(C)C(C)C)ncn1. The van der Waals surface area contributed by atoms with E-state index in [0.717, 1.165) is 12.1 Å². The van der Waals surface area contributed by atoms with Gasteiger partial charge in [-0.05, 0) is 11.8 Å². The van der Waals surface area contributed by atoms with Crippen molar-refractivity contribution in [2.75, 3.05) is 7.11 Å². The standard InChI is InChI=1S/C12H19ClN2O/c1-8(2)9(3)11(13)5-10-6-12(16-4)15-7-14-10/h6-9,11H,5H2,1-4H3. The molecule has 0 saturated carbocycles. The highest BCUT2D eigenvalue weighted by Gasteiger charge is 2.18. The molecule has 3 nitrogen and oxygen atoms in total. The van der Waals surface area contributed by atoms with Crippen LogP contribution in [0.5, 0.6) is 5.88 Å².